The van der Waals surface area contributed by atoms with Gasteiger partial charge in [0.2, 0.25) is 0 Å². The van der Waals surface area contributed by atoms with Crippen LogP contribution in [0.1, 0.15) is 36.8 Å². The average molecular weight is 328 g/mol. The maximum atomic E-state index is 12.0. The molecule has 0 spiro atoms. The van der Waals surface area contributed by atoms with Crippen LogP contribution in [0.4, 0.5) is 10.5 Å². The second kappa shape index (κ2) is 7.54. The van der Waals surface area contributed by atoms with Crippen molar-refractivity contribution in [1.82, 2.24) is 15.3 Å². The SMILES string of the molecule is CC(C)(C)OC(=O)NCc1cccc(NC(=O)c2cnccn2)c1. The molecule has 0 saturated heterocycles. The van der Waals surface area contributed by atoms with Crippen molar-refractivity contribution >= 4 is 17.7 Å². The Balaban J connectivity index is 1.94. The molecule has 0 saturated carbocycles. The Morgan fingerprint density at radius 1 is 1.21 bits per heavy atom. The number of alkyl carbamates (subject to hydrolysis) is 1. The fourth-order valence-electron chi connectivity index (χ4n) is 1.86. The third kappa shape index (κ3) is 5.68. The fraction of sp³-hybridized carbons (Fsp3) is 0.294. The quantitative estimate of drug-likeness (QED) is 0.900. The van der Waals surface area contributed by atoms with Gasteiger partial charge in [0.25, 0.3) is 5.91 Å². The molecular weight excluding hydrogens is 308 g/mol. The molecule has 0 aliphatic carbocycles. The van der Waals surface area contributed by atoms with Crippen LogP contribution in [0.25, 0.3) is 0 Å². The van der Waals surface area contributed by atoms with Crippen LogP contribution in [0, 0.1) is 0 Å². The topological polar surface area (TPSA) is 93.2 Å². The third-order valence-electron chi connectivity index (χ3n) is 2.82. The number of nitrogens with one attached hydrogen (secondary N) is 2. The molecule has 2 aromatic rings. The second-order valence-electron chi connectivity index (χ2n) is 6.10. The van der Waals surface area contributed by atoms with Crippen molar-refractivity contribution in [2.24, 2.45) is 0 Å². The first-order chi connectivity index (χ1) is 11.3. The van der Waals surface area contributed by atoms with Crippen molar-refractivity contribution in [2.75, 3.05) is 5.32 Å². The van der Waals surface area contributed by atoms with E-state index in [0.717, 1.165) is 5.56 Å². The standard InChI is InChI=1S/C17H20N4O3/c1-17(2,3)24-16(23)20-10-12-5-4-6-13(9-12)21-15(22)14-11-18-7-8-19-14/h4-9,11H,10H2,1-3H3,(H,20,23)(H,21,22). The molecule has 0 radical (unpaired) electrons. The highest BCUT2D eigenvalue weighted by atomic mass is 16.6. The van der Waals surface area contributed by atoms with E-state index in [2.05, 4.69) is 20.6 Å². The lowest BCUT2D eigenvalue weighted by Gasteiger charge is -2.19. The maximum absolute atomic E-state index is 12.0. The number of carbonyl (C=O) groups excluding carboxylic acids is 2. The van der Waals surface area contributed by atoms with E-state index in [1.165, 1.54) is 18.6 Å². The molecule has 0 unspecified atom stereocenters. The summed E-state index contributed by atoms with van der Waals surface area (Å²) in [6, 6.07) is 7.16. The summed E-state index contributed by atoms with van der Waals surface area (Å²) < 4.78 is 5.18. The lowest BCUT2D eigenvalue weighted by Crippen LogP contribution is -2.32. The van der Waals surface area contributed by atoms with E-state index in [9.17, 15) is 9.59 Å². The van der Waals surface area contributed by atoms with Crippen LogP contribution >= 0.6 is 0 Å². The van der Waals surface area contributed by atoms with E-state index < -0.39 is 11.7 Å². The van der Waals surface area contributed by atoms with E-state index in [1.54, 1.807) is 39.0 Å². The Kier molecular flexibility index (Phi) is 5.47. The molecule has 0 fully saturated rings. The predicted octanol–water partition coefficient (Wildman–Crippen LogP) is 2.75. The summed E-state index contributed by atoms with van der Waals surface area (Å²) in [5, 5.41) is 5.41. The molecule has 0 atom stereocenters. The molecule has 2 rings (SSSR count). The molecule has 0 bridgehead atoms. The van der Waals surface area contributed by atoms with Gasteiger partial charge in [0.05, 0.1) is 6.20 Å². The van der Waals surface area contributed by atoms with Crippen LogP contribution in [0.2, 0.25) is 0 Å². The molecule has 1 heterocycles. The van der Waals surface area contributed by atoms with Gasteiger partial charge >= 0.3 is 6.09 Å². The number of rotatable bonds is 4. The number of hydrogen-bond donors (Lipinski definition) is 2. The Morgan fingerprint density at radius 2 is 2.00 bits per heavy atom. The van der Waals surface area contributed by atoms with Gasteiger partial charge < -0.3 is 15.4 Å². The number of nitrogens with zero attached hydrogens (tertiary/aromatic N) is 2. The van der Waals surface area contributed by atoms with Gasteiger partial charge in [-0.15, -0.1) is 0 Å². The van der Waals surface area contributed by atoms with Gasteiger partial charge in [-0.05, 0) is 38.5 Å². The van der Waals surface area contributed by atoms with Gasteiger partial charge in [-0.3, -0.25) is 9.78 Å². The minimum Gasteiger partial charge on any atom is -0.444 e. The Labute approximate surface area is 140 Å². The predicted molar refractivity (Wildman–Crippen MR) is 89.5 cm³/mol. The van der Waals surface area contributed by atoms with Crippen LogP contribution in [0.15, 0.2) is 42.9 Å². The molecule has 24 heavy (non-hydrogen) atoms. The molecule has 1 aromatic carbocycles. The largest absolute Gasteiger partial charge is 0.444 e. The van der Waals surface area contributed by atoms with Gasteiger partial charge in [-0.1, -0.05) is 12.1 Å². The van der Waals surface area contributed by atoms with Crippen LogP contribution in [0.3, 0.4) is 0 Å². The van der Waals surface area contributed by atoms with E-state index in [1.807, 2.05) is 6.07 Å². The number of anilines is 1. The highest BCUT2D eigenvalue weighted by molar-refractivity contribution is 6.02. The van der Waals surface area contributed by atoms with Crippen molar-refractivity contribution in [1.29, 1.82) is 0 Å². The maximum Gasteiger partial charge on any atom is 0.407 e. The van der Waals surface area contributed by atoms with Crippen molar-refractivity contribution in [3.63, 3.8) is 0 Å². The van der Waals surface area contributed by atoms with E-state index in [-0.39, 0.29) is 11.6 Å². The van der Waals surface area contributed by atoms with Crippen molar-refractivity contribution < 1.29 is 14.3 Å². The molecule has 0 aliphatic rings. The molecule has 7 nitrogen and oxygen atoms in total. The first-order valence-electron chi connectivity index (χ1n) is 7.47. The first-order valence-corrected chi connectivity index (χ1v) is 7.47. The van der Waals surface area contributed by atoms with E-state index in [0.29, 0.717) is 12.2 Å². The van der Waals surface area contributed by atoms with Crippen LogP contribution < -0.4 is 10.6 Å². The number of hydrogen-bond acceptors (Lipinski definition) is 5. The molecular formula is C17H20N4O3. The molecule has 7 heteroatoms. The lowest BCUT2D eigenvalue weighted by atomic mass is 10.2. The van der Waals surface area contributed by atoms with Crippen molar-refractivity contribution in [3.05, 3.63) is 54.1 Å². The Bertz CT molecular complexity index is 711. The van der Waals surface area contributed by atoms with Gasteiger partial charge in [-0.2, -0.15) is 0 Å². The van der Waals surface area contributed by atoms with Crippen LogP contribution in [0.5, 0.6) is 0 Å². The van der Waals surface area contributed by atoms with E-state index in [4.69, 9.17) is 4.74 Å². The molecule has 126 valence electrons. The molecule has 1 aromatic heterocycles. The lowest BCUT2D eigenvalue weighted by molar-refractivity contribution is 0.0523. The fourth-order valence-corrected chi connectivity index (χ4v) is 1.86. The highest BCUT2D eigenvalue weighted by Crippen LogP contribution is 2.12. The van der Waals surface area contributed by atoms with Crippen molar-refractivity contribution in [2.45, 2.75) is 32.9 Å². The van der Waals surface area contributed by atoms with Gasteiger partial charge in [0.1, 0.15) is 11.3 Å². The summed E-state index contributed by atoms with van der Waals surface area (Å²) in [5.74, 6) is -0.347. The minimum absolute atomic E-state index is 0.231. The monoisotopic (exact) mass is 328 g/mol. The summed E-state index contributed by atoms with van der Waals surface area (Å²) in [4.78, 5) is 31.5. The Morgan fingerprint density at radius 3 is 2.67 bits per heavy atom. The zero-order chi connectivity index (χ0) is 17.6. The van der Waals surface area contributed by atoms with E-state index >= 15 is 0 Å². The first kappa shape index (κ1) is 17.4. The second-order valence-corrected chi connectivity index (χ2v) is 6.10. The summed E-state index contributed by atoms with van der Waals surface area (Å²) in [6.07, 6.45) is 3.86. The number of aromatic nitrogens is 2. The van der Waals surface area contributed by atoms with Crippen LogP contribution in [-0.4, -0.2) is 27.6 Å². The zero-order valence-corrected chi connectivity index (χ0v) is 13.9. The smallest absolute Gasteiger partial charge is 0.407 e. The van der Waals surface area contributed by atoms with Crippen molar-refractivity contribution in [3.8, 4) is 0 Å². The zero-order valence-electron chi connectivity index (χ0n) is 13.9. The normalized spacial score (nSPS) is 10.8. The number of amides is 2. The molecule has 2 N–H and O–H groups in total. The number of carbonyl (C=O) groups is 2. The molecule has 2 amide bonds. The van der Waals surface area contributed by atoms with Gasteiger partial charge in [0, 0.05) is 24.6 Å². The molecule has 0 aliphatic heterocycles. The average Bonchev–Trinajstić information content (AvgIpc) is 2.52. The summed E-state index contributed by atoms with van der Waals surface area (Å²) in [5.41, 5.74) is 1.12. The third-order valence-corrected chi connectivity index (χ3v) is 2.82. The minimum atomic E-state index is -0.545. The summed E-state index contributed by atoms with van der Waals surface area (Å²) >= 11 is 0. The summed E-state index contributed by atoms with van der Waals surface area (Å²) in [6.45, 7) is 5.70. The summed E-state index contributed by atoms with van der Waals surface area (Å²) in [7, 11) is 0. The van der Waals surface area contributed by atoms with Gasteiger partial charge in [0.15, 0.2) is 0 Å². The van der Waals surface area contributed by atoms with Crippen LogP contribution in [-0.2, 0) is 11.3 Å². The number of ether oxygens (including phenoxy) is 1. The highest BCUT2D eigenvalue weighted by Gasteiger charge is 2.15. The Hall–Kier alpha value is -2.96. The number of benzene rings is 1. The van der Waals surface area contributed by atoms with Gasteiger partial charge in [-0.25, -0.2) is 9.78 Å².